The van der Waals surface area contributed by atoms with Crippen molar-refractivity contribution in [2.24, 2.45) is 5.73 Å². The number of piperidine rings is 1. The molecule has 0 atom stereocenters. The van der Waals surface area contributed by atoms with Crippen LogP contribution in [0.3, 0.4) is 0 Å². The summed E-state index contributed by atoms with van der Waals surface area (Å²) in [6.45, 7) is 5.03. The van der Waals surface area contributed by atoms with E-state index in [2.05, 4.69) is 26.6 Å². The highest BCUT2D eigenvalue weighted by Gasteiger charge is 2.38. The van der Waals surface area contributed by atoms with Crippen LogP contribution in [0.15, 0.2) is 53.9 Å². The van der Waals surface area contributed by atoms with E-state index in [9.17, 15) is 14.9 Å². The van der Waals surface area contributed by atoms with E-state index < -0.39 is 11.0 Å². The largest absolute Gasteiger partial charge is 0.370 e. The van der Waals surface area contributed by atoms with Gasteiger partial charge in [-0.1, -0.05) is 36.4 Å². The van der Waals surface area contributed by atoms with E-state index in [4.69, 9.17) is 5.73 Å². The van der Waals surface area contributed by atoms with Crippen molar-refractivity contribution in [3.63, 3.8) is 0 Å². The quantitative estimate of drug-likeness (QED) is 0.450. The van der Waals surface area contributed by atoms with Gasteiger partial charge in [0.1, 0.15) is 16.2 Å². The number of primary amides is 1. The second-order valence-electron chi connectivity index (χ2n) is 9.51. The van der Waals surface area contributed by atoms with Crippen LogP contribution < -0.4 is 21.3 Å². The smallest absolute Gasteiger partial charge is 0.275 e. The molecule has 1 saturated heterocycles. The number of thiazole rings is 1. The van der Waals surface area contributed by atoms with Gasteiger partial charge < -0.3 is 21.3 Å². The summed E-state index contributed by atoms with van der Waals surface area (Å²) >= 11 is 1.40. The number of rotatable bonds is 7. The molecule has 0 bridgehead atoms. The molecule has 4 rings (SSSR count). The van der Waals surface area contributed by atoms with Gasteiger partial charge in [0, 0.05) is 24.0 Å². The summed E-state index contributed by atoms with van der Waals surface area (Å²) in [5.74, 6) is -0.625. The Morgan fingerprint density at radius 1 is 1.14 bits per heavy atom. The molecule has 2 amide bonds. The summed E-state index contributed by atoms with van der Waals surface area (Å²) in [5.41, 5.74) is 8.12. The third kappa shape index (κ3) is 4.96. The van der Waals surface area contributed by atoms with Gasteiger partial charge in [-0.25, -0.2) is 4.98 Å². The molecule has 1 aromatic heterocycles. The lowest BCUT2D eigenvalue weighted by molar-refractivity contribution is -0.125. The molecule has 186 valence electrons. The first-order valence-electron chi connectivity index (χ1n) is 11.8. The lowest BCUT2D eigenvalue weighted by atomic mass is 9.86. The minimum atomic E-state index is -0.700. The second kappa shape index (κ2) is 10.1. The second-order valence-corrected chi connectivity index (χ2v) is 10.4. The first-order chi connectivity index (χ1) is 17.2. The van der Waals surface area contributed by atoms with Crippen molar-refractivity contribution in [3.05, 3.63) is 65.2 Å². The number of nitrogens with two attached hydrogens (primary N) is 1. The zero-order chi connectivity index (χ0) is 25.9. The molecule has 4 N–H and O–H groups in total. The number of para-hydroxylation sites is 2. The molecule has 36 heavy (non-hydrogen) atoms. The number of benzene rings is 2. The molecular weight excluding hydrogens is 472 g/mol. The molecule has 1 aliphatic rings. The Morgan fingerprint density at radius 2 is 1.81 bits per heavy atom. The van der Waals surface area contributed by atoms with Gasteiger partial charge in [-0.2, -0.15) is 5.26 Å². The van der Waals surface area contributed by atoms with Gasteiger partial charge in [0.2, 0.25) is 5.91 Å². The number of hydrogen-bond donors (Lipinski definition) is 3. The van der Waals surface area contributed by atoms with E-state index in [1.807, 2.05) is 62.4 Å². The van der Waals surface area contributed by atoms with Gasteiger partial charge >= 0.3 is 0 Å². The number of amides is 2. The Kier molecular flexibility index (Phi) is 7.11. The third-order valence-electron chi connectivity index (χ3n) is 6.93. The van der Waals surface area contributed by atoms with Gasteiger partial charge in [-0.05, 0) is 51.4 Å². The number of aromatic nitrogens is 1. The van der Waals surface area contributed by atoms with E-state index in [1.165, 1.54) is 11.3 Å². The Hall–Kier alpha value is -3.74. The van der Waals surface area contributed by atoms with Crippen molar-refractivity contribution in [2.75, 3.05) is 30.4 Å². The number of anilines is 2. The molecule has 1 fully saturated rings. The summed E-state index contributed by atoms with van der Waals surface area (Å²) in [7, 11) is 1.76. The summed E-state index contributed by atoms with van der Waals surface area (Å²) in [5, 5.41) is 17.9. The van der Waals surface area contributed by atoms with Crippen LogP contribution in [0.5, 0.6) is 0 Å². The SMILES string of the molecule is CNC1(C(N)=O)CCN(c2ccccc2NC(=O)c2csc(-c3ccc(C(C)(C)C#N)cc3)n2)CC1. The highest BCUT2D eigenvalue weighted by Crippen LogP contribution is 2.32. The first-order valence-corrected chi connectivity index (χ1v) is 12.7. The Bertz CT molecular complexity index is 1300. The van der Waals surface area contributed by atoms with Crippen molar-refractivity contribution in [1.82, 2.24) is 10.3 Å². The highest BCUT2D eigenvalue weighted by molar-refractivity contribution is 7.13. The van der Waals surface area contributed by atoms with Gasteiger partial charge in [-0.3, -0.25) is 9.59 Å². The van der Waals surface area contributed by atoms with Gasteiger partial charge in [0.05, 0.1) is 22.9 Å². The van der Waals surface area contributed by atoms with E-state index in [1.54, 1.807) is 12.4 Å². The van der Waals surface area contributed by atoms with Crippen LogP contribution in [-0.2, 0) is 10.2 Å². The van der Waals surface area contributed by atoms with Crippen molar-refractivity contribution >= 4 is 34.5 Å². The zero-order valence-corrected chi connectivity index (χ0v) is 21.5. The lowest BCUT2D eigenvalue weighted by Gasteiger charge is -2.41. The molecule has 0 radical (unpaired) electrons. The fourth-order valence-electron chi connectivity index (χ4n) is 4.40. The van der Waals surface area contributed by atoms with E-state index in [-0.39, 0.29) is 11.8 Å². The molecule has 2 aromatic carbocycles. The molecule has 1 aliphatic heterocycles. The summed E-state index contributed by atoms with van der Waals surface area (Å²) in [4.78, 5) is 31.7. The molecule has 9 heteroatoms. The molecular formula is C27H30N6O2S. The zero-order valence-electron chi connectivity index (χ0n) is 20.7. The van der Waals surface area contributed by atoms with Crippen LogP contribution in [-0.4, -0.2) is 42.5 Å². The average Bonchev–Trinajstić information content (AvgIpc) is 3.40. The average molecular weight is 503 g/mol. The highest BCUT2D eigenvalue weighted by atomic mass is 32.1. The fraction of sp³-hybridized carbons (Fsp3) is 0.333. The minimum absolute atomic E-state index is 0.286. The minimum Gasteiger partial charge on any atom is -0.370 e. The van der Waals surface area contributed by atoms with Crippen LogP contribution in [0.4, 0.5) is 11.4 Å². The summed E-state index contributed by atoms with van der Waals surface area (Å²) in [6.07, 6.45) is 1.17. The van der Waals surface area contributed by atoms with Gasteiger partial charge in [0.25, 0.3) is 5.91 Å². The fourth-order valence-corrected chi connectivity index (χ4v) is 5.20. The summed E-state index contributed by atoms with van der Waals surface area (Å²) < 4.78 is 0. The molecule has 0 aliphatic carbocycles. The van der Waals surface area contributed by atoms with Crippen LogP contribution in [0, 0.1) is 11.3 Å². The maximum Gasteiger partial charge on any atom is 0.275 e. The lowest BCUT2D eigenvalue weighted by Crippen LogP contribution is -2.59. The third-order valence-corrected chi connectivity index (χ3v) is 7.82. The normalized spacial score (nSPS) is 15.2. The van der Waals surface area contributed by atoms with Crippen LogP contribution >= 0.6 is 11.3 Å². The number of carbonyl (C=O) groups excluding carboxylic acids is 2. The molecule has 0 spiro atoms. The van der Waals surface area contributed by atoms with Crippen molar-refractivity contribution in [3.8, 4) is 16.6 Å². The van der Waals surface area contributed by atoms with Crippen molar-refractivity contribution in [2.45, 2.75) is 37.6 Å². The Balaban J connectivity index is 1.48. The van der Waals surface area contributed by atoms with Gasteiger partial charge in [0.15, 0.2) is 0 Å². The molecule has 8 nitrogen and oxygen atoms in total. The number of nitrogens with zero attached hydrogens (tertiary/aromatic N) is 3. The number of carbonyl (C=O) groups is 2. The van der Waals surface area contributed by atoms with E-state index in [0.717, 1.165) is 21.8 Å². The van der Waals surface area contributed by atoms with Crippen LogP contribution in [0.1, 0.15) is 42.7 Å². The van der Waals surface area contributed by atoms with Crippen molar-refractivity contribution in [1.29, 1.82) is 5.26 Å². The molecule has 0 saturated carbocycles. The number of nitrogens with one attached hydrogen (secondary N) is 2. The molecule has 2 heterocycles. The van der Waals surface area contributed by atoms with Crippen LogP contribution in [0.25, 0.3) is 10.6 Å². The number of hydrogen-bond acceptors (Lipinski definition) is 7. The molecule has 3 aromatic rings. The number of likely N-dealkylation sites (N-methyl/N-ethyl adjacent to an activating group) is 1. The monoisotopic (exact) mass is 502 g/mol. The predicted octanol–water partition coefficient (Wildman–Crippen LogP) is 3.91. The number of nitriles is 1. The Morgan fingerprint density at radius 3 is 2.42 bits per heavy atom. The van der Waals surface area contributed by atoms with Gasteiger partial charge in [-0.15, -0.1) is 11.3 Å². The summed E-state index contributed by atoms with van der Waals surface area (Å²) in [6, 6.07) is 17.6. The molecule has 0 unspecified atom stereocenters. The van der Waals surface area contributed by atoms with E-state index in [0.29, 0.717) is 37.3 Å². The first kappa shape index (κ1) is 25.4. The standard InChI is InChI=1S/C27H30N6O2S/c1-26(2,17-28)19-10-8-18(9-11-19)24-32-21(16-36-24)23(34)31-20-6-4-5-7-22(20)33-14-12-27(30-3,13-15-33)25(29)35/h4-11,16,30H,12-15H2,1-3H3,(H2,29,35)(H,31,34). The Labute approximate surface area is 215 Å². The topological polar surface area (TPSA) is 124 Å². The maximum absolute atomic E-state index is 13.1. The maximum atomic E-state index is 13.1. The van der Waals surface area contributed by atoms with Crippen LogP contribution in [0.2, 0.25) is 0 Å². The predicted molar refractivity (Wildman–Crippen MR) is 143 cm³/mol. The van der Waals surface area contributed by atoms with E-state index >= 15 is 0 Å². The van der Waals surface area contributed by atoms with Crippen molar-refractivity contribution < 1.29 is 9.59 Å².